The van der Waals surface area contributed by atoms with Gasteiger partial charge in [-0.05, 0) is 54.6 Å². The first-order valence-corrected chi connectivity index (χ1v) is 8.02. The molecule has 1 atom stereocenters. The summed E-state index contributed by atoms with van der Waals surface area (Å²) in [6.07, 6.45) is 0.794. The Morgan fingerprint density at radius 2 is 1.83 bits per heavy atom. The summed E-state index contributed by atoms with van der Waals surface area (Å²) in [7, 11) is 0. The zero-order chi connectivity index (χ0) is 18.0. The Balaban J connectivity index is 2.26. The zero-order valence-electron chi connectivity index (χ0n) is 12.3. The molecule has 0 saturated heterocycles. The highest BCUT2D eigenvalue weighted by atomic mass is 35.5. The summed E-state index contributed by atoms with van der Waals surface area (Å²) in [5.74, 6) is 0. The topological polar surface area (TPSA) is 41.3 Å². The molecule has 0 saturated carbocycles. The third kappa shape index (κ3) is 4.15. The highest BCUT2D eigenvalue weighted by molar-refractivity contribution is 7.80. The molecule has 3 nitrogen and oxygen atoms in total. The predicted octanol–water partition coefficient (Wildman–Crippen LogP) is 4.01. The number of rotatable bonds is 4. The number of thiocarbonyl (C=S) groups is 1. The third-order valence-corrected chi connectivity index (χ3v) is 4.02. The summed E-state index contributed by atoms with van der Waals surface area (Å²) in [5.41, 5.74) is 3.55. The Bertz CT molecular complexity index is 671. The van der Waals surface area contributed by atoms with Crippen LogP contribution in [0.25, 0.3) is 0 Å². The van der Waals surface area contributed by atoms with Crippen molar-refractivity contribution in [1.29, 1.82) is 0 Å². The number of alkyl halides is 3. The first kappa shape index (κ1) is 18.9. The van der Waals surface area contributed by atoms with Gasteiger partial charge in [-0.1, -0.05) is 29.3 Å². The van der Waals surface area contributed by atoms with Crippen LogP contribution in [-0.4, -0.2) is 28.4 Å². The number of hydrogen-bond donors (Lipinski definition) is 2. The summed E-state index contributed by atoms with van der Waals surface area (Å²) in [6, 6.07) is 4.88. The van der Waals surface area contributed by atoms with E-state index >= 15 is 0 Å². The van der Waals surface area contributed by atoms with Crippen molar-refractivity contribution in [2.75, 3.05) is 6.54 Å². The molecule has 130 valence electrons. The maximum absolute atomic E-state index is 13.7. The largest absolute Gasteiger partial charge is 0.434 e. The molecule has 0 aliphatic carbocycles. The van der Waals surface area contributed by atoms with Gasteiger partial charge in [-0.2, -0.15) is 13.2 Å². The van der Waals surface area contributed by atoms with Crippen molar-refractivity contribution in [2.24, 2.45) is 5.73 Å². The summed E-state index contributed by atoms with van der Waals surface area (Å²) in [4.78, 5) is 1.10. The SMILES string of the molecule is NC(=S)NC1(C(F)(F)F)C=CC=CN1CCc1cc(Cl)cc(Cl)c1. The monoisotopic (exact) mass is 395 g/mol. The van der Waals surface area contributed by atoms with Gasteiger partial charge in [0.15, 0.2) is 5.11 Å². The lowest BCUT2D eigenvalue weighted by atomic mass is 10.0. The maximum Gasteiger partial charge on any atom is 0.434 e. The van der Waals surface area contributed by atoms with Gasteiger partial charge in [-0.25, -0.2) is 0 Å². The Morgan fingerprint density at radius 1 is 1.21 bits per heavy atom. The standard InChI is InChI=1S/C15H14Cl2F3N3S/c16-11-7-10(8-12(17)9-11)3-6-23-5-2-1-4-14(23,15(18,19)20)22-13(21)24/h1-2,4-5,7-9H,3,6H2,(H3,21,22,24). The van der Waals surface area contributed by atoms with Crippen molar-refractivity contribution in [3.63, 3.8) is 0 Å². The summed E-state index contributed by atoms with van der Waals surface area (Å²) < 4.78 is 41.1. The number of allylic oxidation sites excluding steroid dienone is 2. The Hall–Kier alpha value is -1.44. The van der Waals surface area contributed by atoms with Gasteiger partial charge >= 0.3 is 6.18 Å². The average molecular weight is 396 g/mol. The van der Waals surface area contributed by atoms with Crippen LogP contribution in [0.1, 0.15) is 5.56 Å². The molecule has 1 aromatic carbocycles. The lowest BCUT2D eigenvalue weighted by molar-refractivity contribution is -0.213. The minimum absolute atomic E-state index is 0.0482. The quantitative estimate of drug-likeness (QED) is 0.755. The molecule has 1 aliphatic rings. The normalized spacial score (nSPS) is 20.3. The van der Waals surface area contributed by atoms with E-state index < -0.39 is 17.0 Å². The second kappa shape index (κ2) is 7.21. The van der Waals surface area contributed by atoms with Crippen LogP contribution in [0.5, 0.6) is 0 Å². The van der Waals surface area contributed by atoms with Crippen LogP contribution in [0.2, 0.25) is 10.0 Å². The van der Waals surface area contributed by atoms with Crippen molar-refractivity contribution < 1.29 is 13.2 Å². The zero-order valence-corrected chi connectivity index (χ0v) is 14.6. The van der Waals surface area contributed by atoms with E-state index in [-0.39, 0.29) is 6.54 Å². The molecule has 2 rings (SSSR count). The molecule has 1 aliphatic heterocycles. The van der Waals surface area contributed by atoms with Crippen LogP contribution in [0.3, 0.4) is 0 Å². The fourth-order valence-electron chi connectivity index (χ4n) is 2.45. The van der Waals surface area contributed by atoms with Gasteiger partial charge in [-0.15, -0.1) is 0 Å². The highest BCUT2D eigenvalue weighted by Crippen LogP contribution is 2.37. The molecule has 24 heavy (non-hydrogen) atoms. The molecule has 0 amide bonds. The molecule has 1 unspecified atom stereocenters. The number of nitrogens with zero attached hydrogens (tertiary/aromatic N) is 1. The van der Waals surface area contributed by atoms with Gasteiger partial charge in [0.1, 0.15) is 0 Å². The molecule has 0 spiro atoms. The minimum atomic E-state index is -4.64. The molecule has 9 heteroatoms. The van der Waals surface area contributed by atoms with Gasteiger partial charge in [0.25, 0.3) is 0 Å². The number of benzene rings is 1. The molecule has 1 heterocycles. The van der Waals surface area contributed by atoms with Crippen molar-refractivity contribution >= 4 is 40.5 Å². The summed E-state index contributed by atoms with van der Waals surface area (Å²) >= 11 is 16.5. The van der Waals surface area contributed by atoms with Gasteiger partial charge in [-0.3, -0.25) is 0 Å². The van der Waals surface area contributed by atoms with E-state index in [1.807, 2.05) is 0 Å². The smallest absolute Gasteiger partial charge is 0.376 e. The Kier molecular flexibility index (Phi) is 5.67. The lowest BCUT2D eigenvalue weighted by Gasteiger charge is -2.44. The minimum Gasteiger partial charge on any atom is -0.376 e. The predicted molar refractivity (Wildman–Crippen MR) is 93.9 cm³/mol. The molecule has 0 radical (unpaired) electrons. The average Bonchev–Trinajstić information content (AvgIpc) is 2.43. The van der Waals surface area contributed by atoms with E-state index in [2.05, 4.69) is 17.5 Å². The van der Waals surface area contributed by atoms with Gasteiger partial charge in [0, 0.05) is 22.8 Å². The van der Waals surface area contributed by atoms with E-state index in [0.717, 1.165) is 16.5 Å². The van der Waals surface area contributed by atoms with E-state index in [9.17, 15) is 13.2 Å². The van der Waals surface area contributed by atoms with E-state index in [1.54, 1.807) is 18.2 Å². The van der Waals surface area contributed by atoms with Crippen LogP contribution in [0.4, 0.5) is 13.2 Å². The Morgan fingerprint density at radius 3 is 2.38 bits per heavy atom. The number of hydrogen-bond acceptors (Lipinski definition) is 2. The second-order valence-corrected chi connectivity index (χ2v) is 6.49. The fourth-order valence-corrected chi connectivity index (χ4v) is 3.17. The number of nitrogens with one attached hydrogen (secondary N) is 1. The molecule has 0 fully saturated rings. The van der Waals surface area contributed by atoms with Crippen LogP contribution < -0.4 is 11.1 Å². The van der Waals surface area contributed by atoms with Crippen LogP contribution in [0, 0.1) is 0 Å². The number of nitrogens with two attached hydrogens (primary N) is 1. The van der Waals surface area contributed by atoms with Gasteiger partial charge in [0.05, 0.1) is 0 Å². The second-order valence-electron chi connectivity index (χ2n) is 5.18. The summed E-state index contributed by atoms with van der Waals surface area (Å²) in [5, 5.41) is 2.57. The van der Waals surface area contributed by atoms with E-state index in [1.165, 1.54) is 18.4 Å². The van der Waals surface area contributed by atoms with E-state index in [4.69, 9.17) is 28.9 Å². The first-order valence-electron chi connectivity index (χ1n) is 6.86. The van der Waals surface area contributed by atoms with Crippen molar-refractivity contribution in [2.45, 2.75) is 18.3 Å². The van der Waals surface area contributed by atoms with Gasteiger partial charge in [0.2, 0.25) is 5.66 Å². The maximum atomic E-state index is 13.7. The molecule has 0 bridgehead atoms. The van der Waals surface area contributed by atoms with Crippen LogP contribution in [-0.2, 0) is 6.42 Å². The van der Waals surface area contributed by atoms with Gasteiger partial charge < -0.3 is 16.0 Å². The molecule has 0 aromatic heterocycles. The van der Waals surface area contributed by atoms with E-state index in [0.29, 0.717) is 16.5 Å². The molecule has 3 N–H and O–H groups in total. The highest BCUT2D eigenvalue weighted by Gasteiger charge is 2.57. The Labute approximate surface area is 152 Å². The number of halogens is 5. The van der Waals surface area contributed by atoms with Crippen LogP contribution >= 0.6 is 35.4 Å². The first-order chi connectivity index (χ1) is 11.1. The van der Waals surface area contributed by atoms with Crippen LogP contribution in [0.15, 0.2) is 42.6 Å². The third-order valence-electron chi connectivity index (χ3n) is 3.48. The fraction of sp³-hybridized carbons (Fsp3) is 0.267. The molecular formula is C15H14Cl2F3N3S. The van der Waals surface area contributed by atoms with Crippen molar-refractivity contribution in [1.82, 2.24) is 10.2 Å². The van der Waals surface area contributed by atoms with Crippen molar-refractivity contribution in [3.8, 4) is 0 Å². The van der Waals surface area contributed by atoms with Crippen molar-refractivity contribution in [3.05, 3.63) is 58.2 Å². The lowest BCUT2D eigenvalue weighted by Crippen LogP contribution is -2.67. The molecular weight excluding hydrogens is 382 g/mol. The molecule has 1 aromatic rings. The summed E-state index contributed by atoms with van der Waals surface area (Å²) in [6.45, 7) is 0.0482.